The summed E-state index contributed by atoms with van der Waals surface area (Å²) in [6.45, 7) is 0.762. The summed E-state index contributed by atoms with van der Waals surface area (Å²) in [5.74, 6) is 0. The fraction of sp³-hybridized carbons (Fsp3) is 0.133. The first-order valence-electron chi connectivity index (χ1n) is 6.11. The Bertz CT molecular complexity index is 693. The minimum Gasteiger partial charge on any atom is -0.392 e. The molecule has 0 aliphatic carbocycles. The predicted molar refractivity (Wildman–Crippen MR) is 79.3 cm³/mol. The molecule has 2 heterocycles. The lowest BCUT2D eigenvalue weighted by Gasteiger charge is -2.09. The van der Waals surface area contributed by atoms with Crippen LogP contribution in [0.25, 0.3) is 10.1 Å². The van der Waals surface area contributed by atoms with Crippen LogP contribution in [0.1, 0.15) is 11.1 Å². The summed E-state index contributed by atoms with van der Waals surface area (Å²) < 4.78 is 1.30. The van der Waals surface area contributed by atoms with Gasteiger partial charge in [-0.15, -0.1) is 11.3 Å². The summed E-state index contributed by atoms with van der Waals surface area (Å²) in [6.07, 6.45) is 3.44. The lowest BCUT2D eigenvalue weighted by molar-refractivity contribution is 0.282. The summed E-state index contributed by atoms with van der Waals surface area (Å²) in [6, 6.07) is 10.2. The normalized spacial score (nSPS) is 10.8. The minimum atomic E-state index is 0.0231. The van der Waals surface area contributed by atoms with Gasteiger partial charge in [-0.25, -0.2) is 0 Å². The van der Waals surface area contributed by atoms with E-state index in [0.29, 0.717) is 0 Å². The van der Waals surface area contributed by atoms with Crippen molar-refractivity contribution in [3.05, 3.63) is 59.2 Å². The van der Waals surface area contributed by atoms with Crippen molar-refractivity contribution in [3.8, 4) is 0 Å². The third-order valence-electron chi connectivity index (χ3n) is 3.11. The van der Waals surface area contributed by atoms with E-state index in [-0.39, 0.29) is 6.61 Å². The van der Waals surface area contributed by atoms with Crippen LogP contribution in [0.2, 0.25) is 0 Å². The minimum absolute atomic E-state index is 0.0231. The third kappa shape index (κ3) is 2.45. The molecule has 0 saturated heterocycles. The Balaban J connectivity index is 1.82. The molecule has 2 N–H and O–H groups in total. The van der Waals surface area contributed by atoms with Crippen molar-refractivity contribution in [3.63, 3.8) is 0 Å². The topological polar surface area (TPSA) is 45.2 Å². The number of fused-ring (bicyclic) bond motifs is 1. The number of thiophene rings is 1. The van der Waals surface area contributed by atoms with E-state index in [1.54, 1.807) is 23.7 Å². The van der Waals surface area contributed by atoms with Gasteiger partial charge in [-0.3, -0.25) is 4.98 Å². The Morgan fingerprint density at radius 1 is 1.16 bits per heavy atom. The average molecular weight is 270 g/mol. The second-order valence-corrected chi connectivity index (χ2v) is 5.21. The Morgan fingerprint density at radius 2 is 2.05 bits per heavy atom. The van der Waals surface area contributed by atoms with Crippen LogP contribution in [-0.4, -0.2) is 10.1 Å². The number of nitrogens with zero attached hydrogens (tertiary/aromatic N) is 1. The van der Waals surface area contributed by atoms with Gasteiger partial charge in [0, 0.05) is 23.0 Å². The van der Waals surface area contributed by atoms with E-state index in [1.165, 1.54) is 15.6 Å². The van der Waals surface area contributed by atoms with Crippen molar-refractivity contribution in [2.75, 3.05) is 5.32 Å². The number of benzene rings is 1. The lowest BCUT2D eigenvalue weighted by Crippen LogP contribution is -2.02. The number of hydrogen-bond donors (Lipinski definition) is 2. The molecule has 0 unspecified atom stereocenters. The van der Waals surface area contributed by atoms with Gasteiger partial charge in [0.15, 0.2) is 0 Å². The van der Waals surface area contributed by atoms with Gasteiger partial charge in [-0.1, -0.05) is 18.2 Å². The molecule has 0 radical (unpaired) electrons. The third-order valence-corrected chi connectivity index (χ3v) is 4.12. The molecule has 19 heavy (non-hydrogen) atoms. The van der Waals surface area contributed by atoms with Gasteiger partial charge in [0.25, 0.3) is 0 Å². The van der Waals surface area contributed by atoms with Crippen LogP contribution in [0.3, 0.4) is 0 Å². The van der Waals surface area contributed by atoms with Gasteiger partial charge in [-0.2, -0.15) is 0 Å². The van der Waals surface area contributed by atoms with E-state index in [4.69, 9.17) is 0 Å². The number of aliphatic hydroxyl groups is 1. The first kappa shape index (κ1) is 12.1. The second-order valence-electron chi connectivity index (χ2n) is 4.30. The summed E-state index contributed by atoms with van der Waals surface area (Å²) in [7, 11) is 0. The largest absolute Gasteiger partial charge is 0.392 e. The Hall–Kier alpha value is -1.91. The van der Waals surface area contributed by atoms with Crippen molar-refractivity contribution >= 4 is 27.1 Å². The number of pyridine rings is 1. The number of nitrogens with one attached hydrogen (secondary N) is 1. The standard InChI is InChI=1S/C15H14N2OS/c18-9-11-5-6-16-8-14(11)17-7-12-10-19-15-4-2-1-3-13(12)15/h1-6,8,10,17-18H,7,9H2. The van der Waals surface area contributed by atoms with Crippen molar-refractivity contribution in [2.24, 2.45) is 0 Å². The molecule has 0 fully saturated rings. The van der Waals surface area contributed by atoms with E-state index >= 15 is 0 Å². The summed E-state index contributed by atoms with van der Waals surface area (Å²) in [5, 5.41) is 16.1. The first-order valence-corrected chi connectivity index (χ1v) is 6.99. The zero-order valence-corrected chi connectivity index (χ0v) is 11.2. The molecular weight excluding hydrogens is 256 g/mol. The molecule has 0 aliphatic heterocycles. The maximum Gasteiger partial charge on any atom is 0.0703 e. The van der Waals surface area contributed by atoms with E-state index in [1.807, 2.05) is 6.07 Å². The van der Waals surface area contributed by atoms with E-state index in [0.717, 1.165) is 17.8 Å². The summed E-state index contributed by atoms with van der Waals surface area (Å²) >= 11 is 1.75. The highest BCUT2D eigenvalue weighted by Crippen LogP contribution is 2.26. The van der Waals surface area contributed by atoms with E-state index in [2.05, 4.69) is 39.9 Å². The first-order chi connectivity index (χ1) is 9.38. The fourth-order valence-corrected chi connectivity index (χ4v) is 3.04. The van der Waals surface area contributed by atoms with Crippen molar-refractivity contribution < 1.29 is 5.11 Å². The molecule has 4 heteroatoms. The number of rotatable bonds is 4. The molecule has 0 spiro atoms. The molecular formula is C15H14N2OS. The highest BCUT2D eigenvalue weighted by molar-refractivity contribution is 7.17. The maximum absolute atomic E-state index is 9.28. The molecule has 3 aromatic rings. The number of aliphatic hydroxyl groups excluding tert-OH is 1. The summed E-state index contributed by atoms with van der Waals surface area (Å²) in [4.78, 5) is 4.08. The van der Waals surface area contributed by atoms with Crippen molar-refractivity contribution in [1.82, 2.24) is 4.98 Å². The Labute approximate surface area is 115 Å². The average Bonchev–Trinajstić information content (AvgIpc) is 2.89. The van der Waals surface area contributed by atoms with E-state index < -0.39 is 0 Å². The molecule has 96 valence electrons. The lowest BCUT2D eigenvalue weighted by atomic mass is 10.1. The monoisotopic (exact) mass is 270 g/mol. The predicted octanol–water partition coefficient (Wildman–Crippen LogP) is 3.40. The Kier molecular flexibility index (Phi) is 3.44. The molecule has 3 nitrogen and oxygen atoms in total. The number of hydrogen-bond acceptors (Lipinski definition) is 4. The molecule has 0 bridgehead atoms. The van der Waals surface area contributed by atoms with Gasteiger partial charge >= 0.3 is 0 Å². The molecule has 1 aromatic carbocycles. The smallest absolute Gasteiger partial charge is 0.0703 e. The van der Waals surface area contributed by atoms with Crippen LogP contribution >= 0.6 is 11.3 Å². The zero-order valence-electron chi connectivity index (χ0n) is 10.3. The molecule has 0 aliphatic rings. The van der Waals surface area contributed by atoms with Crippen molar-refractivity contribution in [2.45, 2.75) is 13.2 Å². The van der Waals surface area contributed by atoms with Crippen LogP contribution in [0.4, 0.5) is 5.69 Å². The molecule has 0 amide bonds. The second kappa shape index (κ2) is 5.38. The van der Waals surface area contributed by atoms with Crippen LogP contribution in [0.5, 0.6) is 0 Å². The highest BCUT2D eigenvalue weighted by Gasteiger charge is 2.05. The quantitative estimate of drug-likeness (QED) is 0.763. The maximum atomic E-state index is 9.28. The van der Waals surface area contributed by atoms with Crippen LogP contribution in [-0.2, 0) is 13.2 Å². The van der Waals surface area contributed by atoms with Crippen LogP contribution < -0.4 is 5.32 Å². The zero-order chi connectivity index (χ0) is 13.1. The summed E-state index contributed by atoms with van der Waals surface area (Å²) in [5.41, 5.74) is 3.03. The van der Waals surface area contributed by atoms with E-state index in [9.17, 15) is 5.11 Å². The number of aromatic nitrogens is 1. The highest BCUT2D eigenvalue weighted by atomic mass is 32.1. The Morgan fingerprint density at radius 3 is 2.95 bits per heavy atom. The SMILES string of the molecule is OCc1ccncc1NCc1csc2ccccc12. The van der Waals surface area contributed by atoms with Gasteiger partial charge in [-0.05, 0) is 28.5 Å². The van der Waals surface area contributed by atoms with Gasteiger partial charge in [0.1, 0.15) is 0 Å². The van der Waals surface area contributed by atoms with Gasteiger partial charge in [0.05, 0.1) is 18.5 Å². The molecule has 0 saturated carbocycles. The molecule has 3 rings (SSSR count). The van der Waals surface area contributed by atoms with Crippen LogP contribution in [0, 0.1) is 0 Å². The van der Waals surface area contributed by atoms with Crippen molar-refractivity contribution in [1.29, 1.82) is 0 Å². The number of anilines is 1. The van der Waals surface area contributed by atoms with Gasteiger partial charge in [0.2, 0.25) is 0 Å². The fourth-order valence-electron chi connectivity index (χ4n) is 2.08. The van der Waals surface area contributed by atoms with Crippen LogP contribution in [0.15, 0.2) is 48.1 Å². The van der Waals surface area contributed by atoms with Gasteiger partial charge < -0.3 is 10.4 Å². The molecule has 2 aromatic heterocycles. The molecule has 0 atom stereocenters.